The first-order valence-corrected chi connectivity index (χ1v) is 12.8. The van der Waals surface area contributed by atoms with E-state index in [1.54, 1.807) is 4.90 Å². The van der Waals surface area contributed by atoms with Crippen molar-refractivity contribution < 1.29 is 19.1 Å². The van der Waals surface area contributed by atoms with E-state index in [1.807, 2.05) is 33.8 Å². The second-order valence-electron chi connectivity index (χ2n) is 10.1. The number of aliphatic hydroxyl groups excluding tert-OH is 1. The third-order valence-corrected chi connectivity index (χ3v) is 7.08. The molecule has 0 saturated carbocycles. The molecule has 1 amide bonds. The number of β-amino-alcohol motifs (C(OH)–C–C–N with tert-alkyl or cyclic N) is 1. The molecular formula is C20H39NO4Si. The standard InChI is InChI=1S/C20H39NO4Si/c1-10-15-11-16(22)12-21(18(23)25-20(5,6)7)17(15)13-24-26(8,9)14-19(2,3)4/h11,16-17,22H,10,12-14H2,1-9H3/t16-,17+/m0/s1. The number of carbonyl (C=O) groups is 1. The van der Waals surface area contributed by atoms with Gasteiger partial charge in [0, 0.05) is 0 Å². The van der Waals surface area contributed by atoms with Crippen molar-refractivity contribution >= 4 is 14.4 Å². The predicted molar refractivity (Wildman–Crippen MR) is 109 cm³/mol. The number of ether oxygens (including phenoxy) is 1. The molecule has 0 aromatic rings. The van der Waals surface area contributed by atoms with Crippen molar-refractivity contribution in [1.29, 1.82) is 0 Å². The van der Waals surface area contributed by atoms with Crippen LogP contribution in [0.25, 0.3) is 0 Å². The van der Waals surface area contributed by atoms with Crippen LogP contribution in [0, 0.1) is 5.41 Å². The fourth-order valence-corrected chi connectivity index (χ4v) is 6.91. The Kier molecular flexibility index (Phi) is 7.53. The van der Waals surface area contributed by atoms with Gasteiger partial charge in [-0.15, -0.1) is 0 Å². The molecule has 0 radical (unpaired) electrons. The van der Waals surface area contributed by atoms with Crippen LogP contribution in [0.3, 0.4) is 0 Å². The van der Waals surface area contributed by atoms with Crippen LogP contribution in [0.5, 0.6) is 0 Å². The molecule has 152 valence electrons. The fourth-order valence-electron chi connectivity index (χ4n) is 3.65. The SMILES string of the molecule is CCC1=C[C@H](O)CN(C(=O)OC(C)(C)C)[C@@H]1CO[Si](C)(C)CC(C)(C)C. The summed E-state index contributed by atoms with van der Waals surface area (Å²) in [5.41, 5.74) is 0.684. The van der Waals surface area contributed by atoms with E-state index < -0.39 is 20.0 Å². The van der Waals surface area contributed by atoms with Crippen molar-refractivity contribution in [2.45, 2.75) is 91.8 Å². The molecule has 0 unspecified atom stereocenters. The maximum atomic E-state index is 12.7. The van der Waals surface area contributed by atoms with Crippen molar-refractivity contribution in [3.63, 3.8) is 0 Å². The first kappa shape index (κ1) is 23.2. The van der Waals surface area contributed by atoms with E-state index in [2.05, 4.69) is 33.9 Å². The molecule has 0 aromatic heterocycles. The second-order valence-corrected chi connectivity index (χ2v) is 14.3. The molecule has 0 fully saturated rings. The third-order valence-electron chi connectivity index (χ3n) is 4.22. The fraction of sp³-hybridized carbons (Fsp3) is 0.850. The normalized spacial score (nSPS) is 22.2. The number of rotatable bonds is 5. The summed E-state index contributed by atoms with van der Waals surface area (Å²) in [5, 5.41) is 10.2. The Hall–Kier alpha value is -0.853. The smallest absolute Gasteiger partial charge is 0.410 e. The molecule has 1 rings (SSSR count). The van der Waals surface area contributed by atoms with Gasteiger partial charge in [0.1, 0.15) is 5.60 Å². The van der Waals surface area contributed by atoms with Crippen LogP contribution in [-0.4, -0.2) is 55.3 Å². The lowest BCUT2D eigenvalue weighted by atomic mass is 9.97. The summed E-state index contributed by atoms with van der Waals surface area (Å²) in [4.78, 5) is 14.3. The molecule has 1 heterocycles. The van der Waals surface area contributed by atoms with Crippen LogP contribution in [0.15, 0.2) is 11.6 Å². The van der Waals surface area contributed by atoms with Crippen molar-refractivity contribution in [2.24, 2.45) is 5.41 Å². The van der Waals surface area contributed by atoms with Gasteiger partial charge in [0.05, 0.1) is 25.3 Å². The zero-order valence-corrected chi connectivity index (χ0v) is 19.2. The maximum Gasteiger partial charge on any atom is 0.410 e. The molecule has 0 spiro atoms. The number of hydrogen-bond donors (Lipinski definition) is 1. The highest BCUT2D eigenvalue weighted by atomic mass is 28.4. The lowest BCUT2D eigenvalue weighted by molar-refractivity contribution is 0.00203. The summed E-state index contributed by atoms with van der Waals surface area (Å²) >= 11 is 0. The Labute approximate surface area is 160 Å². The summed E-state index contributed by atoms with van der Waals surface area (Å²) in [6, 6.07) is 0.873. The van der Waals surface area contributed by atoms with Crippen LogP contribution >= 0.6 is 0 Å². The van der Waals surface area contributed by atoms with Gasteiger partial charge in [-0.05, 0) is 57.3 Å². The van der Waals surface area contributed by atoms with Gasteiger partial charge >= 0.3 is 6.09 Å². The molecule has 1 aliphatic rings. The number of aliphatic hydroxyl groups is 1. The van der Waals surface area contributed by atoms with Crippen molar-refractivity contribution in [1.82, 2.24) is 4.90 Å². The third kappa shape index (κ3) is 7.80. The number of hydrogen-bond acceptors (Lipinski definition) is 4. The first-order valence-electron chi connectivity index (χ1n) is 9.66. The van der Waals surface area contributed by atoms with E-state index in [-0.39, 0.29) is 24.1 Å². The molecule has 1 aliphatic heterocycles. The molecule has 5 nitrogen and oxygen atoms in total. The molecular weight excluding hydrogens is 346 g/mol. The van der Waals surface area contributed by atoms with Gasteiger partial charge in [0.2, 0.25) is 0 Å². The summed E-state index contributed by atoms with van der Waals surface area (Å²) in [6.45, 7) is 19.4. The second kappa shape index (κ2) is 8.44. The van der Waals surface area contributed by atoms with Crippen LogP contribution in [-0.2, 0) is 9.16 Å². The van der Waals surface area contributed by atoms with Gasteiger partial charge in [-0.1, -0.05) is 33.8 Å². The zero-order valence-electron chi connectivity index (χ0n) is 18.2. The van der Waals surface area contributed by atoms with Crippen LogP contribution in [0.4, 0.5) is 4.79 Å². The van der Waals surface area contributed by atoms with Gasteiger partial charge in [-0.3, -0.25) is 4.90 Å². The Morgan fingerprint density at radius 3 is 2.31 bits per heavy atom. The van der Waals surface area contributed by atoms with Crippen LogP contribution < -0.4 is 0 Å². The zero-order chi connectivity index (χ0) is 20.3. The van der Waals surface area contributed by atoms with E-state index in [0.717, 1.165) is 18.0 Å². The number of nitrogens with zero attached hydrogens (tertiary/aromatic N) is 1. The van der Waals surface area contributed by atoms with E-state index in [1.165, 1.54) is 0 Å². The van der Waals surface area contributed by atoms with Gasteiger partial charge in [0.15, 0.2) is 8.32 Å². The minimum Gasteiger partial charge on any atom is -0.444 e. The van der Waals surface area contributed by atoms with Crippen molar-refractivity contribution in [3.05, 3.63) is 11.6 Å². The maximum absolute atomic E-state index is 12.7. The molecule has 26 heavy (non-hydrogen) atoms. The lowest BCUT2D eigenvalue weighted by Crippen LogP contribution is -2.53. The largest absolute Gasteiger partial charge is 0.444 e. The average molecular weight is 386 g/mol. The summed E-state index contributed by atoms with van der Waals surface area (Å²) in [7, 11) is -1.86. The van der Waals surface area contributed by atoms with Gasteiger partial charge in [-0.2, -0.15) is 0 Å². The summed E-state index contributed by atoms with van der Waals surface area (Å²) in [6.07, 6.45) is 1.59. The Bertz CT molecular complexity index is 517. The van der Waals surface area contributed by atoms with Crippen molar-refractivity contribution in [2.75, 3.05) is 13.2 Å². The van der Waals surface area contributed by atoms with Crippen LogP contribution in [0.1, 0.15) is 54.9 Å². The van der Waals surface area contributed by atoms with Gasteiger partial charge in [0.25, 0.3) is 0 Å². The highest BCUT2D eigenvalue weighted by molar-refractivity contribution is 6.71. The minimum absolute atomic E-state index is 0.176. The van der Waals surface area contributed by atoms with E-state index in [4.69, 9.17) is 9.16 Å². The van der Waals surface area contributed by atoms with E-state index in [9.17, 15) is 9.90 Å². The molecule has 0 bridgehead atoms. The first-order chi connectivity index (χ1) is 11.6. The lowest BCUT2D eigenvalue weighted by Gasteiger charge is -2.40. The molecule has 0 saturated heterocycles. The topological polar surface area (TPSA) is 59.0 Å². The minimum atomic E-state index is -1.86. The van der Waals surface area contributed by atoms with Gasteiger partial charge < -0.3 is 14.3 Å². The van der Waals surface area contributed by atoms with E-state index in [0.29, 0.717) is 6.61 Å². The van der Waals surface area contributed by atoms with Crippen molar-refractivity contribution in [3.8, 4) is 0 Å². The average Bonchev–Trinajstić information content (AvgIpc) is 2.40. The highest BCUT2D eigenvalue weighted by Gasteiger charge is 2.37. The Morgan fingerprint density at radius 1 is 1.27 bits per heavy atom. The summed E-state index contributed by atoms with van der Waals surface area (Å²) in [5.74, 6) is 0. The molecule has 6 heteroatoms. The monoisotopic (exact) mass is 385 g/mol. The Morgan fingerprint density at radius 2 is 1.85 bits per heavy atom. The molecule has 0 aliphatic carbocycles. The Balaban J connectivity index is 2.96. The molecule has 2 atom stereocenters. The van der Waals surface area contributed by atoms with E-state index >= 15 is 0 Å². The van der Waals surface area contributed by atoms with Gasteiger partial charge in [-0.25, -0.2) is 4.79 Å². The number of carbonyl (C=O) groups excluding carboxylic acids is 1. The number of amides is 1. The predicted octanol–water partition coefficient (Wildman–Crippen LogP) is 4.57. The highest BCUT2D eigenvalue weighted by Crippen LogP contribution is 2.30. The molecule has 0 aromatic carbocycles. The quantitative estimate of drug-likeness (QED) is 0.556. The van der Waals surface area contributed by atoms with Crippen LogP contribution in [0.2, 0.25) is 19.1 Å². The summed E-state index contributed by atoms with van der Waals surface area (Å²) < 4.78 is 12.0. The molecule has 1 N–H and O–H groups in total.